The monoisotopic (exact) mass is 262 g/mol. The highest BCUT2D eigenvalue weighted by Crippen LogP contribution is 2.33. The Labute approximate surface area is 113 Å². The predicted molar refractivity (Wildman–Crippen MR) is 71.2 cm³/mol. The molecule has 1 atom stereocenters. The summed E-state index contributed by atoms with van der Waals surface area (Å²) < 4.78 is 15.4. The minimum Gasteiger partial charge on any atom is -0.463 e. The lowest BCUT2D eigenvalue weighted by atomic mass is 10.0. The first-order valence-electron chi connectivity index (χ1n) is 6.42. The molecule has 1 aliphatic rings. The second-order valence-corrected chi connectivity index (χ2v) is 4.48. The first-order chi connectivity index (χ1) is 9.19. The Morgan fingerprint density at radius 1 is 1.42 bits per heavy atom. The van der Waals surface area contributed by atoms with Gasteiger partial charge in [-0.3, -0.25) is 0 Å². The van der Waals surface area contributed by atoms with Crippen LogP contribution in [0.3, 0.4) is 0 Å². The van der Waals surface area contributed by atoms with Crippen molar-refractivity contribution >= 4 is 5.97 Å². The van der Waals surface area contributed by atoms with Gasteiger partial charge in [-0.15, -0.1) is 0 Å². The number of fused-ring (bicyclic) bond motifs is 1. The van der Waals surface area contributed by atoms with Crippen LogP contribution in [0, 0.1) is 5.92 Å². The molecule has 2 rings (SSSR count). The average Bonchev–Trinajstić information content (AvgIpc) is 2.84. The summed E-state index contributed by atoms with van der Waals surface area (Å²) in [6.45, 7) is 4.54. The van der Waals surface area contributed by atoms with Gasteiger partial charge in [0.25, 0.3) is 0 Å². The molecule has 102 valence electrons. The minimum absolute atomic E-state index is 0.254. The number of carbonyl (C=O) groups is 1. The van der Waals surface area contributed by atoms with Crippen LogP contribution in [0.15, 0.2) is 30.4 Å². The summed E-state index contributed by atoms with van der Waals surface area (Å²) in [6.07, 6.45) is 4.19. The van der Waals surface area contributed by atoms with Crippen LogP contribution in [0.4, 0.5) is 0 Å². The summed E-state index contributed by atoms with van der Waals surface area (Å²) in [5.41, 5.74) is 1.16. The molecule has 0 spiro atoms. The van der Waals surface area contributed by atoms with Crippen molar-refractivity contribution in [2.75, 3.05) is 13.4 Å². The molecule has 0 aliphatic carbocycles. The number of hydrogen-bond donors (Lipinski definition) is 0. The van der Waals surface area contributed by atoms with Crippen LogP contribution < -0.4 is 9.47 Å². The van der Waals surface area contributed by atoms with E-state index < -0.39 is 0 Å². The van der Waals surface area contributed by atoms with Crippen LogP contribution in [0.25, 0.3) is 0 Å². The van der Waals surface area contributed by atoms with Crippen LogP contribution in [-0.4, -0.2) is 19.4 Å². The van der Waals surface area contributed by atoms with Crippen molar-refractivity contribution in [1.29, 1.82) is 0 Å². The quantitative estimate of drug-likeness (QED) is 0.604. The van der Waals surface area contributed by atoms with Crippen LogP contribution in [0.2, 0.25) is 0 Å². The second kappa shape index (κ2) is 6.27. The number of rotatable bonds is 5. The maximum atomic E-state index is 11.2. The molecule has 4 heteroatoms. The minimum atomic E-state index is -0.292. The fourth-order valence-corrected chi connectivity index (χ4v) is 1.94. The summed E-state index contributed by atoms with van der Waals surface area (Å²) >= 11 is 0. The van der Waals surface area contributed by atoms with Crippen molar-refractivity contribution < 1.29 is 19.0 Å². The lowest BCUT2D eigenvalue weighted by Crippen LogP contribution is -2.02. The first-order valence-corrected chi connectivity index (χ1v) is 6.42. The molecule has 1 heterocycles. The van der Waals surface area contributed by atoms with E-state index in [1.807, 2.05) is 24.3 Å². The normalized spacial score (nSPS) is 14.6. The molecule has 0 radical (unpaired) electrons. The number of benzene rings is 1. The molecule has 4 nitrogen and oxygen atoms in total. The lowest BCUT2D eigenvalue weighted by molar-refractivity contribution is -0.137. The van der Waals surface area contributed by atoms with Crippen molar-refractivity contribution in [3.05, 3.63) is 35.9 Å². The predicted octanol–water partition coefficient (Wildman–Crippen LogP) is 2.71. The van der Waals surface area contributed by atoms with Gasteiger partial charge in [-0.2, -0.15) is 0 Å². The summed E-state index contributed by atoms with van der Waals surface area (Å²) in [7, 11) is 0. The highest BCUT2D eigenvalue weighted by atomic mass is 16.7. The van der Waals surface area contributed by atoms with Gasteiger partial charge >= 0.3 is 5.97 Å². The standard InChI is InChI=1S/C15H18O4/c1-3-17-15(16)7-4-11(2)8-12-5-6-13-14(9-12)19-10-18-13/h4-7,9,11H,3,8,10H2,1-2H3/b7-4+. The third-order valence-corrected chi connectivity index (χ3v) is 2.84. The topological polar surface area (TPSA) is 44.8 Å². The summed E-state index contributed by atoms with van der Waals surface area (Å²) in [6, 6.07) is 5.92. The van der Waals surface area contributed by atoms with Gasteiger partial charge in [0.2, 0.25) is 6.79 Å². The van der Waals surface area contributed by atoms with Crippen LogP contribution in [-0.2, 0) is 16.0 Å². The van der Waals surface area contributed by atoms with E-state index in [1.165, 1.54) is 6.08 Å². The summed E-state index contributed by atoms with van der Waals surface area (Å²) in [4.78, 5) is 11.2. The van der Waals surface area contributed by atoms with E-state index >= 15 is 0 Å². The van der Waals surface area contributed by atoms with Crippen LogP contribution in [0.1, 0.15) is 19.4 Å². The molecule has 0 saturated heterocycles. The largest absolute Gasteiger partial charge is 0.463 e. The van der Waals surface area contributed by atoms with Crippen molar-refractivity contribution in [2.24, 2.45) is 5.92 Å². The van der Waals surface area contributed by atoms with E-state index in [0.29, 0.717) is 6.61 Å². The highest BCUT2D eigenvalue weighted by molar-refractivity contribution is 5.81. The first kappa shape index (κ1) is 13.5. The van der Waals surface area contributed by atoms with E-state index in [9.17, 15) is 4.79 Å². The summed E-state index contributed by atoms with van der Waals surface area (Å²) in [5, 5.41) is 0. The Bertz CT molecular complexity index is 479. The Morgan fingerprint density at radius 3 is 3.00 bits per heavy atom. The third-order valence-electron chi connectivity index (χ3n) is 2.84. The van der Waals surface area contributed by atoms with E-state index in [4.69, 9.17) is 14.2 Å². The molecule has 1 unspecified atom stereocenters. The van der Waals surface area contributed by atoms with Gasteiger partial charge < -0.3 is 14.2 Å². The number of allylic oxidation sites excluding steroid dienone is 1. The van der Waals surface area contributed by atoms with E-state index in [2.05, 4.69) is 6.92 Å². The molecule has 0 bridgehead atoms. The van der Waals surface area contributed by atoms with Crippen LogP contribution >= 0.6 is 0 Å². The fraction of sp³-hybridized carbons (Fsp3) is 0.400. The molecular formula is C15H18O4. The molecule has 0 N–H and O–H groups in total. The van der Waals surface area contributed by atoms with Crippen molar-refractivity contribution in [1.82, 2.24) is 0 Å². The van der Waals surface area contributed by atoms with Gasteiger partial charge in [0.15, 0.2) is 11.5 Å². The average molecular weight is 262 g/mol. The Morgan fingerprint density at radius 2 is 2.21 bits per heavy atom. The number of esters is 1. The lowest BCUT2D eigenvalue weighted by Gasteiger charge is -2.07. The smallest absolute Gasteiger partial charge is 0.330 e. The number of ether oxygens (including phenoxy) is 3. The Kier molecular flexibility index (Phi) is 4.44. The zero-order valence-corrected chi connectivity index (χ0v) is 11.2. The maximum absolute atomic E-state index is 11.2. The van der Waals surface area contributed by atoms with Crippen molar-refractivity contribution in [2.45, 2.75) is 20.3 Å². The van der Waals surface area contributed by atoms with E-state index in [-0.39, 0.29) is 18.7 Å². The molecule has 0 fully saturated rings. The molecule has 0 amide bonds. The maximum Gasteiger partial charge on any atom is 0.330 e. The van der Waals surface area contributed by atoms with Crippen LogP contribution in [0.5, 0.6) is 11.5 Å². The zero-order valence-electron chi connectivity index (χ0n) is 11.2. The SMILES string of the molecule is CCOC(=O)/C=C/C(C)Cc1ccc2c(c1)OCO2. The molecular weight excluding hydrogens is 244 g/mol. The van der Waals surface area contributed by atoms with Gasteiger partial charge in [0.05, 0.1) is 6.61 Å². The Hall–Kier alpha value is -1.97. The van der Waals surface area contributed by atoms with Gasteiger partial charge in [0, 0.05) is 6.08 Å². The molecule has 1 aromatic rings. The Balaban J connectivity index is 1.92. The molecule has 0 aromatic heterocycles. The third kappa shape index (κ3) is 3.74. The highest BCUT2D eigenvalue weighted by Gasteiger charge is 2.13. The summed E-state index contributed by atoms with van der Waals surface area (Å²) in [5.74, 6) is 1.54. The van der Waals surface area contributed by atoms with E-state index in [0.717, 1.165) is 23.5 Å². The van der Waals surface area contributed by atoms with Crippen molar-refractivity contribution in [3.8, 4) is 11.5 Å². The van der Waals surface area contributed by atoms with Gasteiger partial charge in [-0.05, 0) is 37.0 Å². The number of carbonyl (C=O) groups excluding carboxylic acids is 1. The van der Waals surface area contributed by atoms with Gasteiger partial charge in [0.1, 0.15) is 0 Å². The molecule has 1 aromatic carbocycles. The van der Waals surface area contributed by atoms with Gasteiger partial charge in [-0.25, -0.2) is 4.79 Å². The fourth-order valence-electron chi connectivity index (χ4n) is 1.94. The van der Waals surface area contributed by atoms with Crippen molar-refractivity contribution in [3.63, 3.8) is 0 Å². The van der Waals surface area contributed by atoms with E-state index in [1.54, 1.807) is 6.92 Å². The molecule has 0 saturated carbocycles. The van der Waals surface area contributed by atoms with Gasteiger partial charge in [-0.1, -0.05) is 19.1 Å². The molecule has 19 heavy (non-hydrogen) atoms. The molecule has 1 aliphatic heterocycles. The zero-order chi connectivity index (χ0) is 13.7. The number of hydrogen-bond acceptors (Lipinski definition) is 4. The second-order valence-electron chi connectivity index (χ2n) is 4.48.